The molecule has 0 saturated carbocycles. The fourth-order valence-corrected chi connectivity index (χ4v) is 5.80. The molecule has 0 amide bonds. The first-order valence-electron chi connectivity index (χ1n) is 10.1. The van der Waals surface area contributed by atoms with Crippen LogP contribution in [-0.4, -0.2) is 29.5 Å². The van der Waals surface area contributed by atoms with Crippen LogP contribution >= 0.6 is 0 Å². The van der Waals surface area contributed by atoms with Crippen molar-refractivity contribution in [2.24, 2.45) is 0 Å². The lowest BCUT2D eigenvalue weighted by Gasteiger charge is -2.16. The number of benzene rings is 3. The van der Waals surface area contributed by atoms with Crippen molar-refractivity contribution in [3.05, 3.63) is 89.2 Å². The molecule has 1 N–H and O–H groups in total. The summed E-state index contributed by atoms with van der Waals surface area (Å²) in [5.41, 5.74) is 1.36. The lowest BCUT2D eigenvalue weighted by molar-refractivity contribution is -0.274. The molecular formula is C23H21F4NO5S2. The number of halogens is 4. The normalized spacial score (nSPS) is 13.4. The largest absolute Gasteiger partial charge is 0.573 e. The highest BCUT2D eigenvalue weighted by molar-refractivity contribution is 7.91. The van der Waals surface area contributed by atoms with E-state index < -0.39 is 53.6 Å². The minimum atomic E-state index is -5.05. The maximum atomic E-state index is 14.3. The molecule has 6 nitrogen and oxygen atoms in total. The second kappa shape index (κ2) is 9.96. The number of sulfone groups is 1. The van der Waals surface area contributed by atoms with Gasteiger partial charge in [0.15, 0.2) is 0 Å². The summed E-state index contributed by atoms with van der Waals surface area (Å²) in [6, 6.07) is 13.5. The first kappa shape index (κ1) is 26.6. The van der Waals surface area contributed by atoms with Crippen molar-refractivity contribution in [1.29, 1.82) is 0 Å². The van der Waals surface area contributed by atoms with Crippen LogP contribution < -0.4 is 9.46 Å². The van der Waals surface area contributed by atoms with Crippen LogP contribution in [0.4, 0.5) is 17.6 Å². The number of ether oxygens (including phenoxy) is 1. The van der Waals surface area contributed by atoms with Crippen LogP contribution in [0, 0.1) is 5.82 Å². The monoisotopic (exact) mass is 531 g/mol. The summed E-state index contributed by atoms with van der Waals surface area (Å²) in [5, 5.41) is 0. The molecule has 3 aromatic carbocycles. The summed E-state index contributed by atoms with van der Waals surface area (Å²) < 4.78 is 108. The number of sulfonamides is 1. The average Bonchev–Trinajstić information content (AvgIpc) is 2.73. The molecule has 188 valence electrons. The lowest BCUT2D eigenvalue weighted by atomic mass is 10.0. The van der Waals surface area contributed by atoms with E-state index in [1.54, 1.807) is 31.2 Å². The van der Waals surface area contributed by atoms with Gasteiger partial charge in [0.1, 0.15) is 16.5 Å². The zero-order valence-corrected chi connectivity index (χ0v) is 20.1. The highest BCUT2D eigenvalue weighted by Gasteiger charge is 2.32. The number of alkyl halides is 3. The van der Waals surface area contributed by atoms with Gasteiger partial charge in [0.2, 0.25) is 19.9 Å². The van der Waals surface area contributed by atoms with E-state index in [-0.39, 0.29) is 12.0 Å². The fourth-order valence-electron chi connectivity index (χ4n) is 3.44. The second-order valence-electron chi connectivity index (χ2n) is 7.78. The van der Waals surface area contributed by atoms with E-state index in [0.717, 1.165) is 30.5 Å². The molecule has 3 rings (SSSR count). The molecule has 12 heteroatoms. The van der Waals surface area contributed by atoms with E-state index in [9.17, 15) is 34.4 Å². The molecule has 3 aromatic rings. The van der Waals surface area contributed by atoms with Crippen molar-refractivity contribution in [3.8, 4) is 5.75 Å². The molecule has 0 aromatic heterocycles. The molecule has 0 aliphatic carbocycles. The third-order valence-corrected chi connectivity index (χ3v) is 7.60. The molecule has 0 bridgehead atoms. The molecule has 1 atom stereocenters. The van der Waals surface area contributed by atoms with E-state index in [0.29, 0.717) is 11.1 Å². The Labute approximate surface area is 200 Å². The molecule has 0 aliphatic rings. The lowest BCUT2D eigenvalue weighted by Crippen LogP contribution is -2.25. The van der Waals surface area contributed by atoms with Gasteiger partial charge in [-0.15, -0.1) is 13.2 Å². The number of hydrogen-bond acceptors (Lipinski definition) is 5. The van der Waals surface area contributed by atoms with E-state index in [4.69, 9.17) is 0 Å². The zero-order chi connectivity index (χ0) is 26.0. The SMILES string of the molecule is C[C@H](NS(C)(=O)=O)c1ccc(Cc2ccc(OC(F)(F)F)cc2S(=O)(=O)c2ccccc2F)cc1. The predicted octanol–water partition coefficient (Wildman–Crippen LogP) is 4.76. The Balaban J connectivity index is 2.01. The number of nitrogens with one attached hydrogen (secondary N) is 1. The Morgan fingerprint density at radius 3 is 2.11 bits per heavy atom. The van der Waals surface area contributed by atoms with E-state index in [1.165, 1.54) is 18.2 Å². The summed E-state index contributed by atoms with van der Waals surface area (Å²) in [6.07, 6.45) is -4.03. The van der Waals surface area contributed by atoms with Gasteiger partial charge < -0.3 is 4.74 Å². The molecule has 0 spiro atoms. The van der Waals surface area contributed by atoms with Crippen molar-refractivity contribution in [2.45, 2.75) is 35.5 Å². The molecule has 0 unspecified atom stereocenters. The molecule has 0 heterocycles. The van der Waals surface area contributed by atoms with Crippen LogP contribution in [0.25, 0.3) is 0 Å². The van der Waals surface area contributed by atoms with Gasteiger partial charge in [-0.25, -0.2) is 25.9 Å². The van der Waals surface area contributed by atoms with Gasteiger partial charge in [-0.2, -0.15) is 0 Å². The minimum absolute atomic E-state index is 0.0104. The van der Waals surface area contributed by atoms with Crippen molar-refractivity contribution >= 4 is 19.9 Å². The van der Waals surface area contributed by atoms with Crippen molar-refractivity contribution < 1.29 is 39.1 Å². The highest BCUT2D eigenvalue weighted by atomic mass is 32.2. The summed E-state index contributed by atoms with van der Waals surface area (Å²) in [6.45, 7) is 1.65. The standard InChI is InChI=1S/C23H21F4NO5S2/c1-15(28-34(2,29)30)17-9-7-16(8-10-17)13-18-11-12-19(33-23(25,26)27)14-22(18)35(31,32)21-6-4-3-5-20(21)24/h3-12,14-15,28H,13H2,1-2H3/t15-/m0/s1. The maximum Gasteiger partial charge on any atom is 0.573 e. The molecule has 0 aliphatic heterocycles. The van der Waals surface area contributed by atoms with E-state index >= 15 is 0 Å². The quantitative estimate of drug-likeness (QED) is 0.424. The molecule has 0 saturated heterocycles. The average molecular weight is 532 g/mol. The Bertz CT molecular complexity index is 1420. The van der Waals surface area contributed by atoms with Gasteiger partial charge in [-0.1, -0.05) is 42.5 Å². The Hall–Kier alpha value is -2.96. The van der Waals surface area contributed by atoms with Gasteiger partial charge in [-0.3, -0.25) is 0 Å². The van der Waals surface area contributed by atoms with Crippen LogP contribution in [0.3, 0.4) is 0 Å². The topological polar surface area (TPSA) is 89.5 Å². The summed E-state index contributed by atoms with van der Waals surface area (Å²) in [4.78, 5) is -1.21. The van der Waals surface area contributed by atoms with Crippen molar-refractivity contribution in [1.82, 2.24) is 4.72 Å². The van der Waals surface area contributed by atoms with Gasteiger partial charge in [0.25, 0.3) is 0 Å². The fraction of sp³-hybridized carbons (Fsp3) is 0.217. The van der Waals surface area contributed by atoms with Crippen LogP contribution in [-0.2, 0) is 26.3 Å². The van der Waals surface area contributed by atoms with Crippen LogP contribution in [0.15, 0.2) is 76.5 Å². The number of hydrogen-bond donors (Lipinski definition) is 1. The molecule has 35 heavy (non-hydrogen) atoms. The number of rotatable bonds is 8. The van der Waals surface area contributed by atoms with Gasteiger partial charge in [0, 0.05) is 6.04 Å². The smallest absolute Gasteiger partial charge is 0.406 e. The maximum absolute atomic E-state index is 14.3. The first-order chi connectivity index (χ1) is 16.2. The van der Waals surface area contributed by atoms with Crippen LogP contribution in [0.1, 0.15) is 29.7 Å². The van der Waals surface area contributed by atoms with Crippen molar-refractivity contribution in [2.75, 3.05) is 6.26 Å². The Morgan fingerprint density at radius 1 is 0.914 bits per heavy atom. The van der Waals surface area contributed by atoms with Gasteiger partial charge in [0.05, 0.1) is 11.2 Å². The highest BCUT2D eigenvalue weighted by Crippen LogP contribution is 2.33. The van der Waals surface area contributed by atoms with Crippen LogP contribution in [0.5, 0.6) is 5.75 Å². The second-order valence-corrected chi connectivity index (χ2v) is 11.4. The summed E-state index contributed by atoms with van der Waals surface area (Å²) >= 11 is 0. The van der Waals surface area contributed by atoms with E-state index in [2.05, 4.69) is 9.46 Å². The van der Waals surface area contributed by atoms with Gasteiger partial charge in [-0.05, 0) is 54.3 Å². The molecular weight excluding hydrogens is 510 g/mol. The summed E-state index contributed by atoms with van der Waals surface area (Å²) in [5.74, 6) is -1.80. The molecule has 0 radical (unpaired) electrons. The zero-order valence-electron chi connectivity index (χ0n) is 18.5. The molecule has 0 fully saturated rings. The predicted molar refractivity (Wildman–Crippen MR) is 121 cm³/mol. The Morgan fingerprint density at radius 2 is 1.54 bits per heavy atom. The van der Waals surface area contributed by atoms with Crippen molar-refractivity contribution in [3.63, 3.8) is 0 Å². The summed E-state index contributed by atoms with van der Waals surface area (Å²) in [7, 11) is -7.98. The minimum Gasteiger partial charge on any atom is -0.406 e. The first-order valence-corrected chi connectivity index (χ1v) is 13.5. The van der Waals surface area contributed by atoms with Crippen LogP contribution in [0.2, 0.25) is 0 Å². The van der Waals surface area contributed by atoms with E-state index in [1.807, 2.05) is 0 Å². The third kappa shape index (κ3) is 7.03. The third-order valence-electron chi connectivity index (χ3n) is 4.95. The van der Waals surface area contributed by atoms with Gasteiger partial charge >= 0.3 is 6.36 Å². The Kier molecular flexibility index (Phi) is 7.58.